The van der Waals surface area contributed by atoms with Gasteiger partial charge in [-0.05, 0) is 69.5 Å². The van der Waals surface area contributed by atoms with Gasteiger partial charge in [-0.1, -0.05) is 36.4 Å². The Morgan fingerprint density at radius 1 is 1.03 bits per heavy atom. The first kappa shape index (κ1) is 23.5. The number of nitriles is 1. The fourth-order valence-corrected chi connectivity index (χ4v) is 4.26. The molecule has 1 amide bonds. The molecule has 172 valence electrons. The second-order valence-electron chi connectivity index (χ2n) is 7.89. The molecule has 4 rings (SSSR count). The van der Waals surface area contributed by atoms with Crippen LogP contribution < -0.4 is 9.64 Å². The van der Waals surface area contributed by atoms with Crippen LogP contribution in [-0.4, -0.2) is 37.0 Å². The SMILES string of the molecule is N#C/C(=C/c1ccc(OCc2ccc(F)cc2)c(Br)c1)C(=O)N1CCN(c2ccccc2)CC1. The van der Waals surface area contributed by atoms with E-state index < -0.39 is 0 Å². The van der Waals surface area contributed by atoms with Crippen molar-refractivity contribution in [2.75, 3.05) is 31.1 Å². The van der Waals surface area contributed by atoms with Gasteiger partial charge in [0, 0.05) is 31.9 Å². The zero-order chi connectivity index (χ0) is 23.9. The first-order valence-corrected chi connectivity index (χ1v) is 11.7. The average Bonchev–Trinajstić information content (AvgIpc) is 2.88. The Bertz CT molecular complexity index is 1210. The topological polar surface area (TPSA) is 56.6 Å². The van der Waals surface area contributed by atoms with E-state index in [0.717, 1.165) is 24.3 Å². The molecule has 7 heteroatoms. The first-order valence-electron chi connectivity index (χ1n) is 10.9. The Kier molecular flexibility index (Phi) is 7.61. The van der Waals surface area contributed by atoms with Crippen LogP contribution >= 0.6 is 15.9 Å². The van der Waals surface area contributed by atoms with Gasteiger partial charge in [0.1, 0.15) is 29.8 Å². The molecule has 0 atom stereocenters. The molecule has 34 heavy (non-hydrogen) atoms. The number of nitrogens with zero attached hydrogens (tertiary/aromatic N) is 3. The van der Waals surface area contributed by atoms with Crippen molar-refractivity contribution in [1.29, 1.82) is 5.26 Å². The molecule has 0 unspecified atom stereocenters. The summed E-state index contributed by atoms with van der Waals surface area (Å²) >= 11 is 3.49. The molecule has 5 nitrogen and oxygen atoms in total. The smallest absolute Gasteiger partial charge is 0.264 e. The van der Waals surface area contributed by atoms with E-state index in [1.54, 1.807) is 41.3 Å². The van der Waals surface area contributed by atoms with Crippen LogP contribution in [0.2, 0.25) is 0 Å². The van der Waals surface area contributed by atoms with Crippen molar-refractivity contribution in [3.05, 3.63) is 99.8 Å². The molecule has 0 saturated carbocycles. The van der Waals surface area contributed by atoms with Crippen molar-refractivity contribution in [3.63, 3.8) is 0 Å². The number of carbonyl (C=O) groups excluding carboxylic acids is 1. The van der Waals surface area contributed by atoms with E-state index in [9.17, 15) is 14.4 Å². The number of hydrogen-bond acceptors (Lipinski definition) is 4. The highest BCUT2D eigenvalue weighted by Gasteiger charge is 2.24. The van der Waals surface area contributed by atoms with Crippen LogP contribution in [0.3, 0.4) is 0 Å². The molecule has 0 N–H and O–H groups in total. The summed E-state index contributed by atoms with van der Waals surface area (Å²) < 4.78 is 19.6. The molecule has 0 aromatic heterocycles. The van der Waals surface area contributed by atoms with E-state index >= 15 is 0 Å². The zero-order valence-corrected chi connectivity index (χ0v) is 20.0. The number of halogens is 2. The molecule has 3 aromatic carbocycles. The van der Waals surface area contributed by atoms with Gasteiger partial charge in [-0.3, -0.25) is 4.79 Å². The second-order valence-corrected chi connectivity index (χ2v) is 8.74. The predicted octanol–water partition coefficient (Wildman–Crippen LogP) is 5.42. The lowest BCUT2D eigenvalue weighted by molar-refractivity contribution is -0.126. The molecule has 0 spiro atoms. The summed E-state index contributed by atoms with van der Waals surface area (Å²) in [6.45, 7) is 2.87. The Morgan fingerprint density at radius 2 is 1.74 bits per heavy atom. The molecule has 3 aromatic rings. The largest absolute Gasteiger partial charge is 0.488 e. The molecule has 0 aliphatic carbocycles. The van der Waals surface area contributed by atoms with Crippen molar-refractivity contribution in [2.24, 2.45) is 0 Å². The van der Waals surface area contributed by atoms with Crippen molar-refractivity contribution < 1.29 is 13.9 Å². The normalized spacial score (nSPS) is 14.0. The number of hydrogen-bond donors (Lipinski definition) is 0. The summed E-state index contributed by atoms with van der Waals surface area (Å²) in [7, 11) is 0. The molecule has 1 aliphatic rings. The predicted molar refractivity (Wildman–Crippen MR) is 134 cm³/mol. The lowest BCUT2D eigenvalue weighted by Gasteiger charge is -2.36. The fourth-order valence-electron chi connectivity index (χ4n) is 3.75. The minimum atomic E-state index is -0.290. The molecule has 0 bridgehead atoms. The van der Waals surface area contributed by atoms with Crippen LogP contribution in [0.4, 0.5) is 10.1 Å². The number of carbonyl (C=O) groups is 1. The zero-order valence-electron chi connectivity index (χ0n) is 18.5. The lowest BCUT2D eigenvalue weighted by atomic mass is 10.1. The number of para-hydroxylation sites is 1. The Labute approximate surface area is 206 Å². The van der Waals surface area contributed by atoms with Gasteiger partial charge >= 0.3 is 0 Å². The maximum Gasteiger partial charge on any atom is 0.264 e. The maximum absolute atomic E-state index is 13.0. The number of piperazine rings is 1. The third-order valence-electron chi connectivity index (χ3n) is 5.61. The quantitative estimate of drug-likeness (QED) is 0.322. The van der Waals surface area contributed by atoms with E-state index in [2.05, 4.69) is 39.0 Å². The van der Waals surface area contributed by atoms with Crippen LogP contribution in [0.5, 0.6) is 5.75 Å². The van der Waals surface area contributed by atoms with E-state index in [4.69, 9.17) is 4.74 Å². The number of rotatable bonds is 6. The number of amides is 1. The summed E-state index contributed by atoms with van der Waals surface area (Å²) in [5.74, 6) is 0.0632. The van der Waals surface area contributed by atoms with Crippen molar-refractivity contribution in [2.45, 2.75) is 6.61 Å². The monoisotopic (exact) mass is 519 g/mol. The van der Waals surface area contributed by atoms with Gasteiger partial charge in [0.05, 0.1) is 4.47 Å². The van der Waals surface area contributed by atoms with E-state index in [1.807, 2.05) is 18.2 Å². The molecule has 1 saturated heterocycles. The molecule has 0 radical (unpaired) electrons. The van der Waals surface area contributed by atoms with E-state index in [-0.39, 0.29) is 17.3 Å². The van der Waals surface area contributed by atoms with Crippen molar-refractivity contribution >= 4 is 33.6 Å². The van der Waals surface area contributed by atoms with Gasteiger partial charge in [0.15, 0.2) is 0 Å². The van der Waals surface area contributed by atoms with Gasteiger partial charge in [0.2, 0.25) is 0 Å². The van der Waals surface area contributed by atoms with Crippen molar-refractivity contribution in [3.8, 4) is 11.8 Å². The summed E-state index contributed by atoms with van der Waals surface area (Å²) in [5.41, 5.74) is 2.80. The Morgan fingerprint density at radius 3 is 2.38 bits per heavy atom. The summed E-state index contributed by atoms with van der Waals surface area (Å²) in [4.78, 5) is 16.9. The Balaban J connectivity index is 1.38. The van der Waals surface area contributed by atoms with Crippen LogP contribution in [0.15, 0.2) is 82.8 Å². The lowest BCUT2D eigenvalue weighted by Crippen LogP contribution is -2.49. The minimum Gasteiger partial charge on any atom is -0.488 e. The fraction of sp³-hybridized carbons (Fsp3) is 0.185. The number of ether oxygens (including phenoxy) is 1. The van der Waals surface area contributed by atoms with Crippen molar-refractivity contribution in [1.82, 2.24) is 4.90 Å². The Hall–Kier alpha value is -3.63. The molecular weight excluding hydrogens is 497 g/mol. The molecule has 1 fully saturated rings. The molecule has 1 heterocycles. The second kappa shape index (κ2) is 11.0. The third kappa shape index (κ3) is 5.83. The maximum atomic E-state index is 13.0. The van der Waals surface area contributed by atoms with E-state index in [1.165, 1.54) is 12.1 Å². The van der Waals surface area contributed by atoms with Crippen LogP contribution in [-0.2, 0) is 11.4 Å². The van der Waals surface area contributed by atoms with Gasteiger partial charge in [0.25, 0.3) is 5.91 Å². The van der Waals surface area contributed by atoms with Crippen LogP contribution in [0.1, 0.15) is 11.1 Å². The van der Waals surface area contributed by atoms with E-state index in [0.29, 0.717) is 35.5 Å². The molecular formula is C27H23BrFN3O2. The van der Waals surface area contributed by atoms with Gasteiger partial charge in [-0.15, -0.1) is 0 Å². The number of benzene rings is 3. The standard InChI is InChI=1S/C27H23BrFN3O2/c28-25-17-21(8-11-26(25)34-19-20-6-9-23(29)10-7-20)16-22(18-30)27(33)32-14-12-31(13-15-32)24-4-2-1-3-5-24/h1-11,16-17H,12-15,19H2/b22-16-. The van der Waals surface area contributed by atoms with Gasteiger partial charge in [-0.2, -0.15) is 5.26 Å². The minimum absolute atomic E-state index is 0.0973. The van der Waals surface area contributed by atoms with Crippen LogP contribution in [0, 0.1) is 17.1 Å². The van der Waals surface area contributed by atoms with Gasteiger partial charge < -0.3 is 14.5 Å². The highest BCUT2D eigenvalue weighted by atomic mass is 79.9. The number of anilines is 1. The summed E-state index contributed by atoms with van der Waals surface area (Å²) in [5, 5.41) is 9.63. The average molecular weight is 520 g/mol. The first-order chi connectivity index (χ1) is 16.5. The summed E-state index contributed by atoms with van der Waals surface area (Å²) in [6.07, 6.45) is 1.60. The highest BCUT2D eigenvalue weighted by molar-refractivity contribution is 9.10. The third-order valence-corrected chi connectivity index (χ3v) is 6.23. The molecule has 1 aliphatic heterocycles. The summed E-state index contributed by atoms with van der Waals surface area (Å²) in [6, 6.07) is 23.7. The highest BCUT2D eigenvalue weighted by Crippen LogP contribution is 2.28. The van der Waals surface area contributed by atoms with Crippen LogP contribution in [0.25, 0.3) is 6.08 Å². The van der Waals surface area contributed by atoms with Gasteiger partial charge in [-0.25, -0.2) is 4.39 Å².